The predicted molar refractivity (Wildman–Crippen MR) is 108 cm³/mol. The monoisotopic (exact) mass is 467 g/mol. The first-order valence-corrected chi connectivity index (χ1v) is 8.17. The van der Waals surface area contributed by atoms with Crippen molar-refractivity contribution in [1.29, 1.82) is 0 Å². The second-order valence-corrected chi connectivity index (χ2v) is 5.53. The number of amides is 1. The minimum atomic E-state index is -0.0618. The summed E-state index contributed by atoms with van der Waals surface area (Å²) in [6.07, 6.45) is 0.855. The highest BCUT2D eigenvalue weighted by Gasteiger charge is 2.08. The summed E-state index contributed by atoms with van der Waals surface area (Å²) in [5, 5.41) is 6.32. The molecule has 0 aliphatic heterocycles. The van der Waals surface area contributed by atoms with Crippen molar-refractivity contribution in [2.45, 2.75) is 33.7 Å². The molecule has 144 valence electrons. The number of aryl methyl sites for hydroxylation is 2. The second kappa shape index (κ2) is 12.9. The second-order valence-electron chi connectivity index (χ2n) is 5.53. The summed E-state index contributed by atoms with van der Waals surface area (Å²) in [7, 11) is 3.41. The minimum Gasteiger partial charge on any atom is -0.444 e. The van der Waals surface area contributed by atoms with Crippen LogP contribution in [0.5, 0.6) is 0 Å². The van der Waals surface area contributed by atoms with E-state index in [1.807, 2.05) is 20.8 Å². The number of carbonyl (C=O) groups excluding carboxylic acids is 1. The number of hydrogen-bond acceptors (Lipinski definition) is 5. The van der Waals surface area contributed by atoms with Gasteiger partial charge in [0, 0.05) is 33.9 Å². The molecule has 0 spiro atoms. The van der Waals surface area contributed by atoms with Crippen LogP contribution >= 0.6 is 24.0 Å². The molecule has 0 aliphatic rings. The lowest BCUT2D eigenvalue weighted by Gasteiger charge is -2.13. The highest BCUT2D eigenvalue weighted by molar-refractivity contribution is 14.0. The SMILES string of the molecule is CCOCCCNC(=NCC(=O)N(C)C)NCc1nc(C)c(C)o1.I. The smallest absolute Gasteiger partial charge is 0.243 e. The normalized spacial score (nSPS) is 11.0. The molecule has 1 heterocycles. The van der Waals surface area contributed by atoms with Gasteiger partial charge in [0.25, 0.3) is 0 Å². The largest absolute Gasteiger partial charge is 0.444 e. The number of aliphatic imine (C=N–C) groups is 1. The van der Waals surface area contributed by atoms with E-state index in [9.17, 15) is 4.79 Å². The summed E-state index contributed by atoms with van der Waals surface area (Å²) in [6, 6.07) is 0. The summed E-state index contributed by atoms with van der Waals surface area (Å²) in [4.78, 5) is 21.8. The molecule has 8 nitrogen and oxygen atoms in total. The Morgan fingerprint density at radius 2 is 2.04 bits per heavy atom. The summed E-state index contributed by atoms with van der Waals surface area (Å²) in [5.41, 5.74) is 0.873. The molecule has 0 unspecified atom stereocenters. The summed E-state index contributed by atoms with van der Waals surface area (Å²) in [5.74, 6) is 1.88. The van der Waals surface area contributed by atoms with Crippen LogP contribution in [0.2, 0.25) is 0 Å². The van der Waals surface area contributed by atoms with Gasteiger partial charge in [0.2, 0.25) is 11.8 Å². The molecule has 9 heteroatoms. The van der Waals surface area contributed by atoms with Gasteiger partial charge in [-0.05, 0) is 27.2 Å². The maximum Gasteiger partial charge on any atom is 0.243 e. The molecule has 1 rings (SSSR count). The molecule has 0 saturated carbocycles. The van der Waals surface area contributed by atoms with Crippen LogP contribution in [0.3, 0.4) is 0 Å². The summed E-state index contributed by atoms with van der Waals surface area (Å²) >= 11 is 0. The number of guanidine groups is 1. The van der Waals surface area contributed by atoms with Crippen molar-refractivity contribution in [3.8, 4) is 0 Å². The highest BCUT2D eigenvalue weighted by atomic mass is 127. The number of likely N-dealkylation sites (N-methyl/N-ethyl adjacent to an activating group) is 1. The van der Waals surface area contributed by atoms with Crippen LogP contribution in [0.25, 0.3) is 0 Å². The topological polar surface area (TPSA) is 92.0 Å². The third kappa shape index (κ3) is 9.63. The van der Waals surface area contributed by atoms with Crippen LogP contribution in [-0.4, -0.2) is 62.1 Å². The minimum absolute atomic E-state index is 0. The molecular weight excluding hydrogens is 437 g/mol. The van der Waals surface area contributed by atoms with Crippen molar-refractivity contribution in [2.24, 2.45) is 4.99 Å². The van der Waals surface area contributed by atoms with Crippen molar-refractivity contribution in [3.63, 3.8) is 0 Å². The van der Waals surface area contributed by atoms with Crippen LogP contribution in [0, 0.1) is 13.8 Å². The number of oxazole rings is 1. The molecule has 0 aromatic carbocycles. The van der Waals surface area contributed by atoms with Gasteiger partial charge in [-0.2, -0.15) is 0 Å². The fraction of sp³-hybridized carbons (Fsp3) is 0.688. The molecule has 0 aliphatic carbocycles. The van der Waals surface area contributed by atoms with Gasteiger partial charge < -0.3 is 24.7 Å². The Hall–Kier alpha value is -1.36. The van der Waals surface area contributed by atoms with Crippen molar-refractivity contribution >= 4 is 35.8 Å². The first-order chi connectivity index (χ1) is 11.4. The Kier molecular flexibility index (Phi) is 12.2. The van der Waals surface area contributed by atoms with E-state index >= 15 is 0 Å². The van der Waals surface area contributed by atoms with Gasteiger partial charge in [-0.1, -0.05) is 0 Å². The molecular formula is C16H30IN5O3. The average molecular weight is 467 g/mol. The van der Waals surface area contributed by atoms with Crippen LogP contribution in [0.15, 0.2) is 9.41 Å². The average Bonchev–Trinajstić information content (AvgIpc) is 2.86. The Labute approximate surface area is 166 Å². The standard InChI is InChI=1S/C16H29N5O3.HI/c1-6-23-9-7-8-17-16(19-11-15(22)21(4)5)18-10-14-20-12(2)13(3)24-14;/h6-11H2,1-5H3,(H2,17,18,19);1H. The van der Waals surface area contributed by atoms with E-state index in [0.717, 1.165) is 17.9 Å². The lowest BCUT2D eigenvalue weighted by atomic mass is 10.4. The molecule has 25 heavy (non-hydrogen) atoms. The summed E-state index contributed by atoms with van der Waals surface area (Å²) in [6.45, 7) is 8.33. The van der Waals surface area contributed by atoms with Gasteiger partial charge in [0.05, 0.1) is 12.2 Å². The van der Waals surface area contributed by atoms with Crippen molar-refractivity contribution in [1.82, 2.24) is 20.5 Å². The molecule has 2 N–H and O–H groups in total. The molecule has 1 aromatic heterocycles. The van der Waals surface area contributed by atoms with E-state index in [4.69, 9.17) is 9.15 Å². The van der Waals surface area contributed by atoms with E-state index in [1.54, 1.807) is 14.1 Å². The maximum absolute atomic E-state index is 11.7. The molecule has 1 amide bonds. The lowest BCUT2D eigenvalue weighted by molar-refractivity contribution is -0.127. The summed E-state index contributed by atoms with van der Waals surface area (Å²) < 4.78 is 10.8. The number of nitrogens with one attached hydrogen (secondary N) is 2. The molecule has 0 saturated heterocycles. The first kappa shape index (κ1) is 23.6. The lowest BCUT2D eigenvalue weighted by Crippen LogP contribution is -2.39. The first-order valence-electron chi connectivity index (χ1n) is 8.17. The molecule has 0 atom stereocenters. The number of aromatic nitrogens is 1. The number of nitrogens with zero attached hydrogens (tertiary/aromatic N) is 3. The van der Waals surface area contributed by atoms with Crippen LogP contribution in [-0.2, 0) is 16.1 Å². The Morgan fingerprint density at radius 3 is 2.60 bits per heavy atom. The number of carbonyl (C=O) groups is 1. The van der Waals surface area contributed by atoms with Gasteiger partial charge in [-0.25, -0.2) is 9.98 Å². The van der Waals surface area contributed by atoms with E-state index in [1.165, 1.54) is 4.90 Å². The van der Waals surface area contributed by atoms with E-state index < -0.39 is 0 Å². The van der Waals surface area contributed by atoms with Gasteiger partial charge >= 0.3 is 0 Å². The van der Waals surface area contributed by atoms with Gasteiger partial charge in [-0.15, -0.1) is 24.0 Å². The molecule has 0 bridgehead atoms. The number of halogens is 1. The Morgan fingerprint density at radius 1 is 1.32 bits per heavy atom. The van der Waals surface area contributed by atoms with Crippen molar-refractivity contribution in [2.75, 3.05) is 40.4 Å². The Bertz CT molecular complexity index is 526. The van der Waals surface area contributed by atoms with Crippen molar-refractivity contribution < 1.29 is 13.9 Å². The van der Waals surface area contributed by atoms with Crippen LogP contribution < -0.4 is 10.6 Å². The zero-order valence-electron chi connectivity index (χ0n) is 15.7. The van der Waals surface area contributed by atoms with Gasteiger partial charge in [-0.3, -0.25) is 4.79 Å². The van der Waals surface area contributed by atoms with Crippen molar-refractivity contribution in [3.05, 3.63) is 17.3 Å². The molecule has 0 fully saturated rings. The van der Waals surface area contributed by atoms with Crippen LogP contribution in [0.1, 0.15) is 30.7 Å². The zero-order chi connectivity index (χ0) is 17.9. The van der Waals surface area contributed by atoms with E-state index in [-0.39, 0.29) is 36.4 Å². The third-order valence-corrected chi connectivity index (χ3v) is 3.31. The van der Waals surface area contributed by atoms with Gasteiger partial charge in [0.1, 0.15) is 12.3 Å². The third-order valence-electron chi connectivity index (χ3n) is 3.31. The molecule has 1 aromatic rings. The predicted octanol–water partition coefficient (Wildman–Crippen LogP) is 1.46. The van der Waals surface area contributed by atoms with Crippen LogP contribution in [0.4, 0.5) is 0 Å². The number of rotatable bonds is 9. The number of ether oxygens (including phenoxy) is 1. The zero-order valence-corrected chi connectivity index (χ0v) is 18.0. The quantitative estimate of drug-likeness (QED) is 0.247. The molecule has 0 radical (unpaired) electrons. The van der Waals surface area contributed by atoms with Gasteiger partial charge in [0.15, 0.2) is 5.96 Å². The van der Waals surface area contributed by atoms with E-state index in [0.29, 0.717) is 38.2 Å². The highest BCUT2D eigenvalue weighted by Crippen LogP contribution is 2.07. The Balaban J connectivity index is 0.00000576. The maximum atomic E-state index is 11.7. The fourth-order valence-electron chi connectivity index (χ4n) is 1.76. The number of hydrogen-bond donors (Lipinski definition) is 2. The van der Waals surface area contributed by atoms with E-state index in [2.05, 4.69) is 20.6 Å². The fourth-order valence-corrected chi connectivity index (χ4v) is 1.76.